The zero-order valence-electron chi connectivity index (χ0n) is 13.3. The molecule has 2 aliphatic rings. The van der Waals surface area contributed by atoms with Crippen molar-refractivity contribution in [3.8, 4) is 0 Å². The average Bonchev–Trinajstić information content (AvgIpc) is 3.10. The number of aliphatic hydroxyl groups is 1. The summed E-state index contributed by atoms with van der Waals surface area (Å²) in [5, 5.41) is 14.8. The summed E-state index contributed by atoms with van der Waals surface area (Å²) in [6, 6.07) is 2.61. The van der Waals surface area contributed by atoms with Crippen LogP contribution in [0.4, 0.5) is 0 Å². The van der Waals surface area contributed by atoms with Gasteiger partial charge in [0.1, 0.15) is 0 Å². The minimum atomic E-state index is -0.103. The van der Waals surface area contributed by atoms with E-state index >= 15 is 0 Å². The zero-order valence-corrected chi connectivity index (χ0v) is 13.3. The van der Waals surface area contributed by atoms with Gasteiger partial charge in [0.2, 0.25) is 0 Å². The molecule has 2 heterocycles. The first kappa shape index (κ1) is 15.0. The van der Waals surface area contributed by atoms with Gasteiger partial charge in [-0.3, -0.25) is 4.68 Å². The lowest BCUT2D eigenvalue weighted by Gasteiger charge is -2.31. The first-order valence-corrected chi connectivity index (χ1v) is 8.49. The summed E-state index contributed by atoms with van der Waals surface area (Å²) in [4.78, 5) is 0. The maximum absolute atomic E-state index is 10.0. The number of hydrogen-bond donors (Lipinski definition) is 1. The number of rotatable bonds is 7. The molecule has 1 N–H and O–H groups in total. The number of ether oxygens (including phenoxy) is 1. The van der Waals surface area contributed by atoms with Crippen LogP contribution in [0, 0.1) is 11.3 Å². The summed E-state index contributed by atoms with van der Waals surface area (Å²) in [6.07, 6.45) is 8.87. The second-order valence-corrected chi connectivity index (χ2v) is 6.83. The van der Waals surface area contributed by atoms with Crippen LogP contribution in [-0.2, 0) is 11.2 Å². The van der Waals surface area contributed by atoms with Crippen LogP contribution in [0.2, 0.25) is 0 Å². The first-order valence-electron chi connectivity index (χ1n) is 8.49. The van der Waals surface area contributed by atoms with E-state index in [1.54, 1.807) is 0 Å². The largest absolute Gasteiger partial charge is 0.396 e. The molecule has 1 aromatic heterocycles. The second kappa shape index (κ2) is 6.09. The highest BCUT2D eigenvalue weighted by atomic mass is 16.5. The lowest BCUT2D eigenvalue weighted by Crippen LogP contribution is -2.38. The van der Waals surface area contributed by atoms with Crippen LogP contribution in [0.15, 0.2) is 12.3 Å². The Labute approximate surface area is 127 Å². The molecule has 2 unspecified atom stereocenters. The molecule has 0 bridgehead atoms. The Balaban J connectivity index is 1.75. The van der Waals surface area contributed by atoms with Gasteiger partial charge in [-0.1, -0.05) is 13.8 Å². The van der Waals surface area contributed by atoms with Crippen molar-refractivity contribution in [2.75, 3.05) is 13.2 Å². The Kier molecular flexibility index (Phi) is 4.36. The molecular formula is C17H28N2O2. The van der Waals surface area contributed by atoms with Gasteiger partial charge in [0.25, 0.3) is 0 Å². The third kappa shape index (κ3) is 2.88. The van der Waals surface area contributed by atoms with E-state index in [1.807, 2.05) is 0 Å². The second-order valence-electron chi connectivity index (χ2n) is 6.83. The van der Waals surface area contributed by atoms with Crippen LogP contribution in [0.3, 0.4) is 0 Å². The van der Waals surface area contributed by atoms with Crippen LogP contribution < -0.4 is 0 Å². The van der Waals surface area contributed by atoms with E-state index in [2.05, 4.69) is 30.8 Å². The van der Waals surface area contributed by atoms with Crippen LogP contribution >= 0.6 is 0 Å². The van der Waals surface area contributed by atoms with E-state index in [-0.39, 0.29) is 18.1 Å². The van der Waals surface area contributed by atoms with Crippen molar-refractivity contribution in [1.82, 2.24) is 9.78 Å². The van der Waals surface area contributed by atoms with Crippen LogP contribution in [0.25, 0.3) is 0 Å². The Bertz CT molecular complexity index is 465. The summed E-state index contributed by atoms with van der Waals surface area (Å²) < 4.78 is 8.06. The molecule has 1 saturated heterocycles. The van der Waals surface area contributed by atoms with E-state index in [1.165, 1.54) is 12.8 Å². The molecule has 0 radical (unpaired) electrons. The number of aromatic nitrogens is 2. The van der Waals surface area contributed by atoms with Gasteiger partial charge >= 0.3 is 0 Å². The fraction of sp³-hybridized carbons (Fsp3) is 0.824. The molecule has 0 aromatic carbocycles. The van der Waals surface area contributed by atoms with E-state index in [4.69, 9.17) is 9.84 Å². The van der Waals surface area contributed by atoms with Gasteiger partial charge < -0.3 is 9.84 Å². The summed E-state index contributed by atoms with van der Waals surface area (Å²) in [7, 11) is 0. The molecule has 4 heteroatoms. The molecule has 4 nitrogen and oxygen atoms in total. The SMILES string of the molecule is CCC(CC)n1ccc(CC2(CO)CCOC2C2CC2)n1. The summed E-state index contributed by atoms with van der Waals surface area (Å²) in [6.45, 7) is 5.42. The maximum atomic E-state index is 10.0. The Morgan fingerprint density at radius 3 is 2.81 bits per heavy atom. The third-order valence-corrected chi connectivity index (χ3v) is 5.38. The van der Waals surface area contributed by atoms with Gasteiger partial charge in [0.05, 0.1) is 24.4 Å². The summed E-state index contributed by atoms with van der Waals surface area (Å²) in [5.74, 6) is 0.667. The molecule has 1 saturated carbocycles. The van der Waals surface area contributed by atoms with Crippen molar-refractivity contribution in [1.29, 1.82) is 0 Å². The van der Waals surface area contributed by atoms with Gasteiger partial charge in [0, 0.05) is 24.6 Å². The first-order chi connectivity index (χ1) is 10.2. The molecule has 1 aliphatic carbocycles. The smallest absolute Gasteiger partial charge is 0.0686 e. The van der Waals surface area contributed by atoms with E-state index in [0.29, 0.717) is 12.0 Å². The number of aliphatic hydroxyl groups excluding tert-OH is 1. The topological polar surface area (TPSA) is 47.3 Å². The number of hydrogen-bond acceptors (Lipinski definition) is 3. The molecule has 21 heavy (non-hydrogen) atoms. The molecule has 2 atom stereocenters. The molecule has 0 amide bonds. The summed E-state index contributed by atoms with van der Waals surface area (Å²) >= 11 is 0. The fourth-order valence-corrected chi connectivity index (χ4v) is 3.86. The number of nitrogens with zero attached hydrogens (tertiary/aromatic N) is 2. The summed E-state index contributed by atoms with van der Waals surface area (Å²) in [5.41, 5.74) is 1.00. The van der Waals surface area contributed by atoms with Crippen LogP contribution in [0.5, 0.6) is 0 Å². The Morgan fingerprint density at radius 1 is 1.43 bits per heavy atom. The van der Waals surface area contributed by atoms with Gasteiger partial charge in [-0.15, -0.1) is 0 Å². The van der Waals surface area contributed by atoms with E-state index in [0.717, 1.165) is 38.0 Å². The minimum absolute atomic E-state index is 0.103. The Hall–Kier alpha value is -0.870. The van der Waals surface area contributed by atoms with Crippen molar-refractivity contribution in [3.63, 3.8) is 0 Å². The molecule has 1 aliphatic heterocycles. The van der Waals surface area contributed by atoms with Gasteiger partial charge in [-0.2, -0.15) is 5.10 Å². The van der Waals surface area contributed by atoms with E-state index < -0.39 is 0 Å². The Morgan fingerprint density at radius 2 is 2.19 bits per heavy atom. The fourth-order valence-electron chi connectivity index (χ4n) is 3.86. The normalized spacial score (nSPS) is 29.4. The van der Waals surface area contributed by atoms with Gasteiger partial charge in [0.15, 0.2) is 0 Å². The van der Waals surface area contributed by atoms with Crippen LogP contribution in [0.1, 0.15) is 57.7 Å². The quantitative estimate of drug-likeness (QED) is 0.840. The average molecular weight is 292 g/mol. The lowest BCUT2D eigenvalue weighted by atomic mass is 9.76. The van der Waals surface area contributed by atoms with Crippen molar-refractivity contribution >= 4 is 0 Å². The minimum Gasteiger partial charge on any atom is -0.396 e. The predicted octanol–water partition coefficient (Wildman–Crippen LogP) is 2.96. The molecule has 2 fully saturated rings. The predicted molar refractivity (Wildman–Crippen MR) is 82.1 cm³/mol. The molecule has 0 spiro atoms. The monoisotopic (exact) mass is 292 g/mol. The standard InChI is InChI=1S/C17H28N2O2/c1-3-15(4-2)19-9-7-14(18-19)11-17(12-20)8-10-21-16(17)13-5-6-13/h7,9,13,15-16,20H,3-6,8,10-12H2,1-2H3. The van der Waals surface area contributed by atoms with Crippen molar-refractivity contribution in [2.24, 2.45) is 11.3 Å². The third-order valence-electron chi connectivity index (χ3n) is 5.38. The molecule has 3 rings (SSSR count). The van der Waals surface area contributed by atoms with Gasteiger partial charge in [-0.05, 0) is 44.1 Å². The zero-order chi connectivity index (χ0) is 14.9. The van der Waals surface area contributed by atoms with Crippen molar-refractivity contribution in [3.05, 3.63) is 18.0 Å². The van der Waals surface area contributed by atoms with Crippen molar-refractivity contribution < 1.29 is 9.84 Å². The molecule has 118 valence electrons. The van der Waals surface area contributed by atoms with Gasteiger partial charge in [-0.25, -0.2) is 0 Å². The van der Waals surface area contributed by atoms with Crippen LogP contribution in [-0.4, -0.2) is 34.2 Å². The maximum Gasteiger partial charge on any atom is 0.0686 e. The lowest BCUT2D eigenvalue weighted by molar-refractivity contribution is 0.0000114. The molecular weight excluding hydrogens is 264 g/mol. The van der Waals surface area contributed by atoms with E-state index in [9.17, 15) is 5.11 Å². The highest BCUT2D eigenvalue weighted by Crippen LogP contribution is 2.49. The molecule has 1 aromatic rings. The highest BCUT2D eigenvalue weighted by Gasteiger charge is 2.50. The van der Waals surface area contributed by atoms with Crippen molar-refractivity contribution in [2.45, 2.75) is 64.5 Å². The highest BCUT2D eigenvalue weighted by molar-refractivity contribution is 5.09.